The largest absolute Gasteiger partial charge is 0.496 e. The number of carbonyl (C=O) groups excluding carboxylic acids is 2. The molecule has 2 amide bonds. The molecule has 0 spiro atoms. The fourth-order valence-corrected chi connectivity index (χ4v) is 3.72. The molecule has 0 aromatic heterocycles. The first-order valence-corrected chi connectivity index (χ1v) is 10.0. The van der Waals surface area contributed by atoms with Crippen molar-refractivity contribution in [2.45, 2.75) is 25.7 Å². The molecular formula is C21H30N2O5. The average molecular weight is 390 g/mol. The third kappa shape index (κ3) is 5.45. The molecule has 0 aliphatic carbocycles. The maximum atomic E-state index is 12.8. The molecule has 7 nitrogen and oxygen atoms in total. The Kier molecular flexibility index (Phi) is 7.68. The highest BCUT2D eigenvalue weighted by Crippen LogP contribution is 2.26. The van der Waals surface area contributed by atoms with Gasteiger partial charge < -0.3 is 24.0 Å². The van der Waals surface area contributed by atoms with Crippen LogP contribution in [0.1, 0.15) is 24.0 Å². The maximum Gasteiger partial charge on any atom is 0.223 e. The van der Waals surface area contributed by atoms with E-state index in [0.717, 1.165) is 16.9 Å². The summed E-state index contributed by atoms with van der Waals surface area (Å²) in [6.45, 7) is 4.00. The average Bonchev–Trinajstić information content (AvgIpc) is 2.69. The molecule has 7 heteroatoms. The van der Waals surface area contributed by atoms with Crippen LogP contribution in [-0.4, -0.2) is 81.3 Å². The van der Waals surface area contributed by atoms with Crippen molar-refractivity contribution in [3.05, 3.63) is 29.3 Å². The molecule has 0 unspecified atom stereocenters. The summed E-state index contributed by atoms with van der Waals surface area (Å²) in [6.07, 6.45) is 2.03. The number of amides is 2. The number of fused-ring (bicyclic) bond motifs is 12. The van der Waals surface area contributed by atoms with Gasteiger partial charge in [-0.05, 0) is 24.0 Å². The Bertz CT molecular complexity index is 615. The number of hydrogen-bond donors (Lipinski definition) is 0. The summed E-state index contributed by atoms with van der Waals surface area (Å²) in [6, 6.07) is 5.96. The summed E-state index contributed by atoms with van der Waals surface area (Å²) >= 11 is 0. The van der Waals surface area contributed by atoms with E-state index in [1.165, 1.54) is 0 Å². The topological polar surface area (TPSA) is 68.3 Å². The summed E-state index contributed by atoms with van der Waals surface area (Å²) in [4.78, 5) is 29.2. The van der Waals surface area contributed by atoms with Gasteiger partial charge in [0.2, 0.25) is 11.8 Å². The lowest BCUT2D eigenvalue weighted by molar-refractivity contribution is -0.134. The Morgan fingerprint density at radius 2 is 1.18 bits per heavy atom. The Morgan fingerprint density at radius 3 is 1.57 bits per heavy atom. The van der Waals surface area contributed by atoms with E-state index in [-0.39, 0.29) is 11.8 Å². The van der Waals surface area contributed by atoms with E-state index in [4.69, 9.17) is 14.2 Å². The smallest absolute Gasteiger partial charge is 0.223 e. The zero-order valence-electron chi connectivity index (χ0n) is 16.7. The Morgan fingerprint density at radius 1 is 0.750 bits per heavy atom. The molecule has 0 saturated carbocycles. The molecule has 1 saturated heterocycles. The van der Waals surface area contributed by atoms with Gasteiger partial charge in [0.15, 0.2) is 0 Å². The molecule has 3 aliphatic rings. The Labute approximate surface area is 166 Å². The van der Waals surface area contributed by atoms with Crippen LogP contribution in [-0.2, 0) is 31.9 Å². The first-order chi connectivity index (χ1) is 13.7. The second kappa shape index (κ2) is 10.4. The first kappa shape index (κ1) is 20.6. The zero-order chi connectivity index (χ0) is 19.8. The van der Waals surface area contributed by atoms with Crippen molar-refractivity contribution in [3.8, 4) is 5.75 Å². The molecule has 4 rings (SSSR count). The summed E-state index contributed by atoms with van der Waals surface area (Å²) in [5.74, 6) is 0.994. The number of carbonyl (C=O) groups is 2. The molecule has 1 aromatic rings. The van der Waals surface area contributed by atoms with E-state index in [2.05, 4.69) is 0 Å². The van der Waals surface area contributed by atoms with Crippen LogP contribution < -0.4 is 4.74 Å². The quantitative estimate of drug-likeness (QED) is 0.723. The number of para-hydroxylation sites is 1. The van der Waals surface area contributed by atoms with Gasteiger partial charge in [0, 0.05) is 39.0 Å². The predicted octanol–water partition coefficient (Wildman–Crippen LogP) is 1.28. The van der Waals surface area contributed by atoms with Gasteiger partial charge in [-0.1, -0.05) is 18.2 Å². The number of aryl methyl sites for hydroxylation is 2. The molecule has 154 valence electrons. The van der Waals surface area contributed by atoms with Crippen LogP contribution in [0.5, 0.6) is 5.75 Å². The van der Waals surface area contributed by atoms with Crippen LogP contribution in [0, 0.1) is 0 Å². The van der Waals surface area contributed by atoms with Crippen LogP contribution in [0.3, 0.4) is 0 Å². The number of hydrogen-bond acceptors (Lipinski definition) is 5. The molecular weight excluding hydrogens is 360 g/mol. The fraction of sp³-hybridized carbons (Fsp3) is 0.619. The van der Waals surface area contributed by atoms with Gasteiger partial charge in [-0.3, -0.25) is 9.59 Å². The van der Waals surface area contributed by atoms with E-state index < -0.39 is 0 Å². The molecule has 3 aliphatic heterocycles. The standard InChI is InChI=1S/C21H30N2O5/c1-26-21-17-3-2-4-18(21)6-8-20(25)23-11-15-27-13-9-22(19(24)7-5-17)10-14-28-16-12-23/h2-4H,5-16H2,1H3. The zero-order valence-corrected chi connectivity index (χ0v) is 16.7. The molecule has 1 aromatic carbocycles. The van der Waals surface area contributed by atoms with Crippen LogP contribution in [0.2, 0.25) is 0 Å². The molecule has 1 fully saturated rings. The monoisotopic (exact) mass is 390 g/mol. The Hall–Kier alpha value is -2.12. The van der Waals surface area contributed by atoms with E-state index in [1.807, 2.05) is 28.0 Å². The van der Waals surface area contributed by atoms with Gasteiger partial charge in [0.25, 0.3) is 0 Å². The van der Waals surface area contributed by atoms with Gasteiger partial charge in [0.1, 0.15) is 5.75 Å². The predicted molar refractivity (Wildman–Crippen MR) is 104 cm³/mol. The van der Waals surface area contributed by atoms with E-state index in [1.54, 1.807) is 7.11 Å². The Balaban J connectivity index is 1.88. The van der Waals surface area contributed by atoms with Crippen molar-refractivity contribution >= 4 is 11.8 Å². The minimum atomic E-state index is 0.0978. The van der Waals surface area contributed by atoms with Gasteiger partial charge in [-0.25, -0.2) is 0 Å². The minimum absolute atomic E-state index is 0.0978. The SMILES string of the molecule is COc1c2cccc1CCC(=O)N1CCOCCN(CCOCC1)C(=O)CC2. The molecule has 3 heterocycles. The third-order valence-corrected chi connectivity index (χ3v) is 5.33. The summed E-state index contributed by atoms with van der Waals surface area (Å²) in [5, 5.41) is 0. The fourth-order valence-electron chi connectivity index (χ4n) is 3.72. The molecule has 4 bridgehead atoms. The third-order valence-electron chi connectivity index (χ3n) is 5.33. The number of methoxy groups -OCH3 is 1. The second-order valence-corrected chi connectivity index (χ2v) is 7.10. The van der Waals surface area contributed by atoms with Crippen LogP contribution in [0.15, 0.2) is 18.2 Å². The summed E-state index contributed by atoms with van der Waals surface area (Å²) < 4.78 is 17.0. The van der Waals surface area contributed by atoms with Gasteiger partial charge in [-0.2, -0.15) is 0 Å². The van der Waals surface area contributed by atoms with Crippen LogP contribution in [0.25, 0.3) is 0 Å². The lowest BCUT2D eigenvalue weighted by Gasteiger charge is -2.27. The summed E-state index contributed by atoms with van der Waals surface area (Å²) in [7, 11) is 1.65. The van der Waals surface area contributed by atoms with Crippen molar-refractivity contribution in [3.63, 3.8) is 0 Å². The number of rotatable bonds is 1. The van der Waals surface area contributed by atoms with Gasteiger partial charge in [-0.15, -0.1) is 0 Å². The van der Waals surface area contributed by atoms with Crippen molar-refractivity contribution in [2.75, 3.05) is 59.7 Å². The number of ether oxygens (including phenoxy) is 3. The number of nitrogens with zero attached hydrogens (tertiary/aromatic N) is 2. The van der Waals surface area contributed by atoms with Crippen LogP contribution >= 0.6 is 0 Å². The van der Waals surface area contributed by atoms with E-state index >= 15 is 0 Å². The molecule has 0 N–H and O–H groups in total. The van der Waals surface area contributed by atoms with E-state index in [9.17, 15) is 9.59 Å². The highest BCUT2D eigenvalue weighted by molar-refractivity contribution is 5.77. The van der Waals surface area contributed by atoms with Crippen molar-refractivity contribution in [2.24, 2.45) is 0 Å². The lowest BCUT2D eigenvalue weighted by Crippen LogP contribution is -2.40. The first-order valence-electron chi connectivity index (χ1n) is 10.0. The minimum Gasteiger partial charge on any atom is -0.496 e. The summed E-state index contributed by atoms with van der Waals surface area (Å²) in [5.41, 5.74) is 2.01. The highest BCUT2D eigenvalue weighted by Gasteiger charge is 2.19. The molecule has 0 atom stereocenters. The normalized spacial score (nSPS) is 20.5. The van der Waals surface area contributed by atoms with Crippen LogP contribution in [0.4, 0.5) is 0 Å². The molecule has 28 heavy (non-hydrogen) atoms. The van der Waals surface area contributed by atoms with Crippen molar-refractivity contribution in [1.82, 2.24) is 9.80 Å². The second-order valence-electron chi connectivity index (χ2n) is 7.10. The lowest BCUT2D eigenvalue weighted by atomic mass is 10.0. The van der Waals surface area contributed by atoms with Crippen molar-refractivity contribution in [1.29, 1.82) is 0 Å². The maximum absolute atomic E-state index is 12.8. The van der Waals surface area contributed by atoms with Gasteiger partial charge >= 0.3 is 0 Å². The number of benzene rings is 1. The highest BCUT2D eigenvalue weighted by atomic mass is 16.5. The van der Waals surface area contributed by atoms with Gasteiger partial charge in [0.05, 0.1) is 33.5 Å². The molecule has 0 radical (unpaired) electrons. The van der Waals surface area contributed by atoms with E-state index in [0.29, 0.717) is 78.3 Å². The van der Waals surface area contributed by atoms with Crippen molar-refractivity contribution < 1.29 is 23.8 Å².